The number of benzene rings is 1. The van der Waals surface area contributed by atoms with Crippen LogP contribution in [0.2, 0.25) is 0 Å². The first kappa shape index (κ1) is 14.9. The largest absolute Gasteiger partial charge is 0.348 e. The minimum Gasteiger partial charge on any atom is -0.348 e. The molecule has 1 aliphatic heterocycles. The molecule has 1 aromatic carbocycles. The summed E-state index contributed by atoms with van der Waals surface area (Å²) in [6.45, 7) is 7.46. The van der Waals surface area contributed by atoms with Crippen molar-refractivity contribution in [3.63, 3.8) is 0 Å². The number of halogens is 1. The standard InChI is InChI=1S/C15H22FN3O/c1-11(13-3-5-14(16)6-4-13)18-15(20)12(2)19-9-7-17-8-10-19/h3-6,11-12,17H,7-10H2,1-2H3,(H,18,20). The molecule has 5 heteroatoms. The van der Waals surface area contributed by atoms with E-state index < -0.39 is 0 Å². The van der Waals surface area contributed by atoms with Crippen LogP contribution in [0.15, 0.2) is 24.3 Å². The molecule has 20 heavy (non-hydrogen) atoms. The van der Waals surface area contributed by atoms with Crippen LogP contribution in [0.5, 0.6) is 0 Å². The van der Waals surface area contributed by atoms with E-state index in [1.165, 1.54) is 12.1 Å². The van der Waals surface area contributed by atoms with E-state index in [0.29, 0.717) is 0 Å². The van der Waals surface area contributed by atoms with Crippen LogP contribution in [0, 0.1) is 5.82 Å². The van der Waals surface area contributed by atoms with Crippen molar-refractivity contribution in [2.75, 3.05) is 26.2 Å². The van der Waals surface area contributed by atoms with Gasteiger partial charge in [-0.3, -0.25) is 9.69 Å². The normalized spacial score (nSPS) is 19.4. The van der Waals surface area contributed by atoms with Crippen molar-refractivity contribution in [3.8, 4) is 0 Å². The Kier molecular flexibility index (Phi) is 5.09. The number of hydrogen-bond acceptors (Lipinski definition) is 3. The molecule has 2 rings (SSSR count). The monoisotopic (exact) mass is 279 g/mol. The second-order valence-electron chi connectivity index (χ2n) is 5.24. The van der Waals surface area contributed by atoms with Gasteiger partial charge in [0, 0.05) is 26.2 Å². The van der Waals surface area contributed by atoms with Crippen molar-refractivity contribution >= 4 is 5.91 Å². The van der Waals surface area contributed by atoms with E-state index in [-0.39, 0.29) is 23.8 Å². The molecule has 0 spiro atoms. The van der Waals surface area contributed by atoms with Gasteiger partial charge in [-0.05, 0) is 31.5 Å². The molecule has 0 aliphatic carbocycles. The SMILES string of the molecule is CC(NC(=O)C(C)N1CCNCC1)c1ccc(F)cc1. The molecule has 0 aromatic heterocycles. The molecular formula is C15H22FN3O. The quantitative estimate of drug-likeness (QED) is 0.873. The van der Waals surface area contributed by atoms with Gasteiger partial charge in [-0.1, -0.05) is 12.1 Å². The maximum atomic E-state index is 12.9. The van der Waals surface area contributed by atoms with Crippen LogP contribution < -0.4 is 10.6 Å². The first-order chi connectivity index (χ1) is 9.58. The van der Waals surface area contributed by atoms with Gasteiger partial charge in [0.2, 0.25) is 5.91 Å². The first-order valence-corrected chi connectivity index (χ1v) is 7.08. The minimum atomic E-state index is -0.263. The minimum absolute atomic E-state index is 0.0173. The Labute approximate surface area is 119 Å². The molecule has 1 heterocycles. The summed E-state index contributed by atoms with van der Waals surface area (Å²) in [6, 6.07) is 5.98. The molecule has 0 saturated carbocycles. The lowest BCUT2D eigenvalue weighted by Gasteiger charge is -2.32. The summed E-state index contributed by atoms with van der Waals surface area (Å²) < 4.78 is 12.9. The van der Waals surface area contributed by atoms with E-state index in [9.17, 15) is 9.18 Å². The fourth-order valence-corrected chi connectivity index (χ4v) is 2.40. The molecule has 1 aliphatic rings. The van der Waals surface area contributed by atoms with Crippen molar-refractivity contribution in [1.82, 2.24) is 15.5 Å². The third-order valence-electron chi connectivity index (χ3n) is 3.81. The highest BCUT2D eigenvalue weighted by Crippen LogP contribution is 2.13. The fourth-order valence-electron chi connectivity index (χ4n) is 2.40. The van der Waals surface area contributed by atoms with E-state index in [1.54, 1.807) is 12.1 Å². The summed E-state index contributed by atoms with van der Waals surface area (Å²) in [6.07, 6.45) is 0. The molecule has 2 atom stereocenters. The lowest BCUT2D eigenvalue weighted by Crippen LogP contribution is -2.52. The van der Waals surface area contributed by atoms with Crippen LogP contribution in [0.1, 0.15) is 25.5 Å². The van der Waals surface area contributed by atoms with Gasteiger partial charge >= 0.3 is 0 Å². The Morgan fingerprint density at radius 3 is 2.45 bits per heavy atom. The van der Waals surface area contributed by atoms with E-state index in [2.05, 4.69) is 15.5 Å². The lowest BCUT2D eigenvalue weighted by molar-refractivity contribution is -0.126. The van der Waals surface area contributed by atoms with Gasteiger partial charge in [0.1, 0.15) is 5.82 Å². The number of rotatable bonds is 4. The van der Waals surface area contributed by atoms with Gasteiger partial charge in [0.25, 0.3) is 0 Å². The topological polar surface area (TPSA) is 44.4 Å². The number of nitrogens with one attached hydrogen (secondary N) is 2. The predicted molar refractivity (Wildman–Crippen MR) is 76.9 cm³/mol. The Hall–Kier alpha value is -1.46. The van der Waals surface area contributed by atoms with Crippen molar-refractivity contribution in [2.24, 2.45) is 0 Å². The zero-order valence-electron chi connectivity index (χ0n) is 12.0. The van der Waals surface area contributed by atoms with Gasteiger partial charge < -0.3 is 10.6 Å². The number of nitrogens with zero attached hydrogens (tertiary/aromatic N) is 1. The number of carbonyl (C=O) groups excluding carboxylic acids is 1. The first-order valence-electron chi connectivity index (χ1n) is 7.08. The summed E-state index contributed by atoms with van der Waals surface area (Å²) in [4.78, 5) is 14.4. The van der Waals surface area contributed by atoms with Crippen LogP contribution in [0.3, 0.4) is 0 Å². The molecule has 1 fully saturated rings. The average Bonchev–Trinajstić information content (AvgIpc) is 2.48. The number of carbonyl (C=O) groups is 1. The van der Waals surface area contributed by atoms with Gasteiger partial charge in [0.05, 0.1) is 12.1 Å². The molecule has 110 valence electrons. The Balaban J connectivity index is 1.91. The van der Waals surface area contributed by atoms with Crippen molar-refractivity contribution in [3.05, 3.63) is 35.6 Å². The highest BCUT2D eigenvalue weighted by molar-refractivity contribution is 5.81. The number of amides is 1. The average molecular weight is 279 g/mol. The summed E-state index contributed by atoms with van der Waals surface area (Å²) in [5.41, 5.74) is 0.910. The summed E-state index contributed by atoms with van der Waals surface area (Å²) >= 11 is 0. The maximum Gasteiger partial charge on any atom is 0.237 e. The van der Waals surface area contributed by atoms with E-state index in [1.807, 2.05) is 13.8 Å². The second kappa shape index (κ2) is 6.81. The number of piperazine rings is 1. The van der Waals surface area contributed by atoms with Crippen molar-refractivity contribution in [2.45, 2.75) is 25.9 Å². The molecule has 0 radical (unpaired) electrons. The van der Waals surface area contributed by atoms with E-state index >= 15 is 0 Å². The number of hydrogen-bond donors (Lipinski definition) is 2. The van der Waals surface area contributed by atoms with Crippen molar-refractivity contribution in [1.29, 1.82) is 0 Å². The van der Waals surface area contributed by atoms with Gasteiger partial charge in [-0.25, -0.2) is 4.39 Å². The van der Waals surface area contributed by atoms with Crippen molar-refractivity contribution < 1.29 is 9.18 Å². The smallest absolute Gasteiger partial charge is 0.237 e. The third kappa shape index (κ3) is 3.77. The summed E-state index contributed by atoms with van der Waals surface area (Å²) in [5.74, 6) is -0.245. The van der Waals surface area contributed by atoms with Gasteiger partial charge in [0.15, 0.2) is 0 Å². The zero-order chi connectivity index (χ0) is 14.5. The Morgan fingerprint density at radius 1 is 1.25 bits per heavy atom. The van der Waals surface area contributed by atoms with Crippen LogP contribution in [0.25, 0.3) is 0 Å². The molecule has 1 aromatic rings. The Bertz CT molecular complexity index is 443. The van der Waals surface area contributed by atoms with Gasteiger partial charge in [-0.15, -0.1) is 0 Å². The molecular weight excluding hydrogens is 257 g/mol. The molecule has 2 N–H and O–H groups in total. The van der Waals surface area contributed by atoms with E-state index in [0.717, 1.165) is 31.7 Å². The van der Waals surface area contributed by atoms with Crippen LogP contribution in [-0.2, 0) is 4.79 Å². The highest BCUT2D eigenvalue weighted by atomic mass is 19.1. The maximum absolute atomic E-state index is 12.9. The lowest BCUT2D eigenvalue weighted by atomic mass is 10.1. The fraction of sp³-hybridized carbons (Fsp3) is 0.533. The molecule has 4 nitrogen and oxygen atoms in total. The van der Waals surface area contributed by atoms with Crippen LogP contribution >= 0.6 is 0 Å². The summed E-state index contributed by atoms with van der Waals surface area (Å²) in [7, 11) is 0. The third-order valence-corrected chi connectivity index (χ3v) is 3.81. The van der Waals surface area contributed by atoms with Crippen LogP contribution in [-0.4, -0.2) is 43.0 Å². The zero-order valence-corrected chi connectivity index (χ0v) is 12.0. The molecule has 0 bridgehead atoms. The second-order valence-corrected chi connectivity index (χ2v) is 5.24. The van der Waals surface area contributed by atoms with Crippen LogP contribution in [0.4, 0.5) is 4.39 Å². The predicted octanol–water partition coefficient (Wildman–Crippen LogP) is 1.30. The summed E-state index contributed by atoms with van der Waals surface area (Å²) in [5, 5.41) is 6.26. The molecule has 1 amide bonds. The highest BCUT2D eigenvalue weighted by Gasteiger charge is 2.23. The molecule has 2 unspecified atom stereocenters. The molecule has 1 saturated heterocycles. The van der Waals surface area contributed by atoms with E-state index in [4.69, 9.17) is 0 Å². The van der Waals surface area contributed by atoms with Gasteiger partial charge in [-0.2, -0.15) is 0 Å². The Morgan fingerprint density at radius 2 is 1.85 bits per heavy atom.